The van der Waals surface area contributed by atoms with Gasteiger partial charge in [0.2, 0.25) is 0 Å². The highest BCUT2D eigenvalue weighted by atomic mass is 31.0. The van der Waals surface area contributed by atoms with Crippen molar-refractivity contribution in [2.24, 2.45) is 5.41 Å². The third-order valence-corrected chi connectivity index (χ3v) is 5.48. The molecule has 1 aliphatic heterocycles. The van der Waals surface area contributed by atoms with Crippen LogP contribution in [-0.2, 0) is 23.7 Å². The van der Waals surface area contributed by atoms with Gasteiger partial charge in [-0.3, -0.25) is 14.1 Å². The van der Waals surface area contributed by atoms with Crippen molar-refractivity contribution >= 4 is 32.2 Å². The number of aliphatic hydroxyl groups is 1. The SMILES string of the molecule is CCC(C)(C)C(=O)OCOC(O)(P)OC[C@@H]1CCC(n2cnc3c(N)ncnc32)O1. The molecule has 2 aromatic rings. The zero-order valence-corrected chi connectivity index (χ0v) is 18.4. The van der Waals surface area contributed by atoms with E-state index in [9.17, 15) is 9.90 Å². The number of ether oxygens (including phenoxy) is 4. The Morgan fingerprint density at radius 1 is 1.37 bits per heavy atom. The highest BCUT2D eigenvalue weighted by Crippen LogP contribution is 2.32. The molecule has 3 unspecified atom stereocenters. The van der Waals surface area contributed by atoms with Gasteiger partial charge in [-0.25, -0.2) is 15.0 Å². The Balaban J connectivity index is 1.47. The van der Waals surface area contributed by atoms with Gasteiger partial charge in [0.15, 0.2) is 18.3 Å². The number of aromatic nitrogens is 4. The third kappa shape index (κ3) is 5.22. The number of hydrogen-bond acceptors (Lipinski definition) is 10. The number of carbonyl (C=O) groups excluding carboxylic acids is 1. The molecule has 3 rings (SSSR count). The molecule has 0 saturated carbocycles. The Bertz CT molecular complexity index is 889. The van der Waals surface area contributed by atoms with E-state index in [2.05, 4.69) is 15.0 Å². The van der Waals surface area contributed by atoms with Crippen LogP contribution in [0.4, 0.5) is 5.82 Å². The minimum Gasteiger partial charge on any atom is -0.438 e. The molecule has 12 heteroatoms. The molecule has 166 valence electrons. The van der Waals surface area contributed by atoms with Gasteiger partial charge in [0.25, 0.3) is 5.71 Å². The zero-order valence-electron chi connectivity index (χ0n) is 17.3. The first-order valence-corrected chi connectivity index (χ1v) is 10.3. The number of anilines is 1. The number of esters is 1. The van der Waals surface area contributed by atoms with Crippen LogP contribution in [0.3, 0.4) is 0 Å². The normalized spacial score (nSPS) is 21.6. The lowest BCUT2D eigenvalue weighted by Gasteiger charge is -2.26. The second-order valence-corrected chi connectivity index (χ2v) is 8.48. The Labute approximate surface area is 176 Å². The van der Waals surface area contributed by atoms with Gasteiger partial charge >= 0.3 is 5.97 Å². The number of carbonyl (C=O) groups is 1. The van der Waals surface area contributed by atoms with Gasteiger partial charge in [-0.2, -0.15) is 0 Å². The maximum absolute atomic E-state index is 11.9. The van der Waals surface area contributed by atoms with Crippen LogP contribution in [0.25, 0.3) is 11.2 Å². The van der Waals surface area contributed by atoms with Crippen LogP contribution in [0.2, 0.25) is 0 Å². The van der Waals surface area contributed by atoms with E-state index in [1.165, 1.54) is 6.33 Å². The van der Waals surface area contributed by atoms with Crippen molar-refractivity contribution in [2.45, 2.75) is 58.1 Å². The average molecular weight is 441 g/mol. The summed E-state index contributed by atoms with van der Waals surface area (Å²) in [5.74, 6) is -0.102. The van der Waals surface area contributed by atoms with Crippen LogP contribution in [0, 0.1) is 5.41 Å². The molecule has 1 fully saturated rings. The second-order valence-electron chi connectivity index (χ2n) is 7.75. The standard InChI is InChI=1S/C18H28N5O6P/c1-4-17(2,3)16(24)26-10-28-18(25,30)27-7-11-5-6-12(29-11)23-9-22-13-14(19)20-8-21-15(13)23/h8-9,11-12,25H,4-7,10,30H2,1-3H3,(H2,19,20,21)/t11-,12?,18?/m0/s1. The maximum atomic E-state index is 11.9. The van der Waals surface area contributed by atoms with Crippen LogP contribution in [0.15, 0.2) is 12.7 Å². The number of nitrogens with zero attached hydrogens (tertiary/aromatic N) is 4. The molecule has 0 amide bonds. The van der Waals surface area contributed by atoms with E-state index < -0.39 is 23.9 Å². The fraction of sp³-hybridized carbons (Fsp3) is 0.667. The quantitative estimate of drug-likeness (QED) is 0.334. The largest absolute Gasteiger partial charge is 0.438 e. The van der Waals surface area contributed by atoms with E-state index in [1.807, 2.05) is 16.2 Å². The van der Waals surface area contributed by atoms with Gasteiger partial charge < -0.3 is 25.1 Å². The highest BCUT2D eigenvalue weighted by Gasteiger charge is 2.32. The second kappa shape index (κ2) is 9.07. The maximum Gasteiger partial charge on any atom is 0.313 e. The van der Waals surface area contributed by atoms with Gasteiger partial charge in [-0.15, -0.1) is 0 Å². The van der Waals surface area contributed by atoms with E-state index in [0.717, 1.165) is 0 Å². The minimum absolute atomic E-state index is 0.0780. The Morgan fingerprint density at radius 3 is 2.87 bits per heavy atom. The number of fused-ring (bicyclic) bond motifs is 1. The lowest BCUT2D eigenvalue weighted by molar-refractivity contribution is -0.323. The lowest BCUT2D eigenvalue weighted by atomic mass is 9.91. The topological polar surface area (TPSA) is 144 Å². The molecule has 3 N–H and O–H groups in total. The monoisotopic (exact) mass is 441 g/mol. The molecule has 11 nitrogen and oxygen atoms in total. The van der Waals surface area contributed by atoms with Crippen molar-refractivity contribution in [1.82, 2.24) is 19.5 Å². The number of hydrogen-bond donors (Lipinski definition) is 2. The summed E-state index contributed by atoms with van der Waals surface area (Å²) in [5.41, 5.74) is 4.31. The summed E-state index contributed by atoms with van der Waals surface area (Å²) < 4.78 is 23.3. The average Bonchev–Trinajstić information content (AvgIpc) is 3.33. The van der Waals surface area contributed by atoms with E-state index >= 15 is 0 Å². The minimum atomic E-state index is -2.00. The Morgan fingerprint density at radius 2 is 2.13 bits per heavy atom. The van der Waals surface area contributed by atoms with Crippen LogP contribution in [0.1, 0.15) is 46.3 Å². The summed E-state index contributed by atoms with van der Waals surface area (Å²) in [4.78, 5) is 24.3. The predicted molar refractivity (Wildman–Crippen MR) is 110 cm³/mol. The molecule has 30 heavy (non-hydrogen) atoms. The Hall–Kier alpha value is -1.91. The Kier molecular flexibility index (Phi) is 6.88. The number of imidazole rings is 1. The van der Waals surface area contributed by atoms with Crippen molar-refractivity contribution in [3.63, 3.8) is 0 Å². The third-order valence-electron chi connectivity index (χ3n) is 5.15. The van der Waals surface area contributed by atoms with Gasteiger partial charge in [-0.05, 0) is 42.3 Å². The fourth-order valence-corrected chi connectivity index (χ4v) is 3.02. The fourth-order valence-electron chi connectivity index (χ4n) is 2.86. The first-order chi connectivity index (χ1) is 14.1. The molecule has 0 spiro atoms. The molecular weight excluding hydrogens is 413 g/mol. The van der Waals surface area contributed by atoms with E-state index in [4.69, 9.17) is 24.7 Å². The smallest absolute Gasteiger partial charge is 0.313 e. The van der Waals surface area contributed by atoms with Crippen LogP contribution < -0.4 is 5.73 Å². The summed E-state index contributed by atoms with van der Waals surface area (Å²) in [6.07, 6.45) is 4.47. The molecule has 4 atom stereocenters. The molecule has 0 bridgehead atoms. The number of nitrogens with two attached hydrogens (primary N) is 1. The summed E-state index contributed by atoms with van der Waals surface area (Å²) in [7, 11) is 2.04. The van der Waals surface area contributed by atoms with Crippen molar-refractivity contribution < 1.29 is 28.8 Å². The van der Waals surface area contributed by atoms with E-state index in [-0.39, 0.29) is 18.9 Å². The van der Waals surface area contributed by atoms with Gasteiger partial charge in [-0.1, -0.05) is 6.92 Å². The van der Waals surface area contributed by atoms with Crippen molar-refractivity contribution in [2.75, 3.05) is 19.1 Å². The van der Waals surface area contributed by atoms with E-state index in [0.29, 0.717) is 36.2 Å². The highest BCUT2D eigenvalue weighted by molar-refractivity contribution is 7.17. The summed E-state index contributed by atoms with van der Waals surface area (Å²) >= 11 is 0. The van der Waals surface area contributed by atoms with Gasteiger partial charge in [0.1, 0.15) is 18.1 Å². The molecule has 1 saturated heterocycles. The molecule has 0 aromatic carbocycles. The molecule has 0 aliphatic carbocycles. The van der Waals surface area contributed by atoms with Crippen LogP contribution in [-0.4, -0.2) is 55.8 Å². The van der Waals surface area contributed by atoms with Gasteiger partial charge in [0, 0.05) is 0 Å². The first-order valence-electron chi connectivity index (χ1n) is 9.68. The molecular formula is C18H28N5O6P. The molecule has 2 aromatic heterocycles. The summed E-state index contributed by atoms with van der Waals surface area (Å²) in [6.45, 7) is 5.08. The number of nitrogen functional groups attached to an aromatic ring is 1. The predicted octanol–water partition coefficient (Wildman–Crippen LogP) is 1.53. The van der Waals surface area contributed by atoms with E-state index in [1.54, 1.807) is 24.7 Å². The molecule has 1 aliphatic rings. The number of rotatable bonds is 9. The van der Waals surface area contributed by atoms with Gasteiger partial charge in [0.05, 0.1) is 24.5 Å². The zero-order chi connectivity index (χ0) is 21.9. The summed E-state index contributed by atoms with van der Waals surface area (Å²) in [5, 5.41) is 10.2. The van der Waals surface area contributed by atoms with Crippen molar-refractivity contribution in [3.8, 4) is 0 Å². The van der Waals surface area contributed by atoms with Crippen molar-refractivity contribution in [3.05, 3.63) is 12.7 Å². The summed E-state index contributed by atoms with van der Waals surface area (Å²) in [6, 6.07) is 0. The lowest BCUT2D eigenvalue weighted by Crippen LogP contribution is -2.34. The van der Waals surface area contributed by atoms with Crippen molar-refractivity contribution in [1.29, 1.82) is 0 Å². The first kappa shape index (κ1) is 22.8. The molecule has 3 heterocycles. The van der Waals surface area contributed by atoms with Crippen LogP contribution >= 0.6 is 9.24 Å². The van der Waals surface area contributed by atoms with Crippen LogP contribution in [0.5, 0.6) is 0 Å². The molecule has 0 radical (unpaired) electrons.